The fourth-order valence-electron chi connectivity index (χ4n) is 2.39. The molecular weight excluding hydrogens is 299 g/mol. The number of aromatic nitrogens is 3. The first-order valence-electron chi connectivity index (χ1n) is 7.57. The van der Waals surface area contributed by atoms with Gasteiger partial charge in [0, 0.05) is 12.7 Å². The topological polar surface area (TPSA) is 69.2 Å². The van der Waals surface area contributed by atoms with Crippen LogP contribution in [0.25, 0.3) is 0 Å². The summed E-state index contributed by atoms with van der Waals surface area (Å²) in [6.07, 6.45) is 2.10. The Morgan fingerprint density at radius 2 is 2.04 bits per heavy atom. The van der Waals surface area contributed by atoms with E-state index in [0.717, 1.165) is 12.2 Å². The first kappa shape index (κ1) is 15.6. The molecule has 0 radical (unpaired) electrons. The van der Waals surface area contributed by atoms with Crippen molar-refractivity contribution < 1.29 is 13.9 Å². The highest BCUT2D eigenvalue weighted by Gasteiger charge is 2.27. The molecule has 1 aliphatic heterocycles. The van der Waals surface area contributed by atoms with Gasteiger partial charge in [-0.05, 0) is 38.9 Å². The summed E-state index contributed by atoms with van der Waals surface area (Å²) >= 11 is 0. The van der Waals surface area contributed by atoms with Crippen LogP contribution >= 0.6 is 0 Å². The van der Waals surface area contributed by atoms with E-state index >= 15 is 0 Å². The minimum Gasteiger partial charge on any atom is -0.471 e. The Hall–Kier alpha value is -2.28. The number of alkyl halides is 1. The van der Waals surface area contributed by atoms with E-state index in [0.29, 0.717) is 36.0 Å². The molecule has 23 heavy (non-hydrogen) atoms. The van der Waals surface area contributed by atoms with Crippen molar-refractivity contribution in [3.8, 4) is 17.5 Å². The summed E-state index contributed by atoms with van der Waals surface area (Å²) < 4.78 is 25.4. The van der Waals surface area contributed by atoms with Gasteiger partial charge in [0.05, 0.1) is 11.3 Å². The summed E-state index contributed by atoms with van der Waals surface area (Å²) in [5.74, 6) is 1.35. The molecule has 0 aromatic carbocycles. The van der Waals surface area contributed by atoms with Crippen LogP contribution in [0.15, 0.2) is 24.7 Å². The maximum absolute atomic E-state index is 13.9. The molecule has 3 rings (SSSR count). The zero-order valence-corrected chi connectivity index (χ0v) is 13.1. The van der Waals surface area contributed by atoms with Crippen molar-refractivity contribution in [3.05, 3.63) is 35.9 Å². The standard InChI is InChI=1S/C16H19FN4O2/c1-10-15(22-13-4-3-6-19-11(13)2)20-9-21-16(10)23-14-5-7-18-8-12(14)17/h3-4,6,9,12,14,18H,5,7-8H2,1-2H3/t12-,14-/m0/s1. The third-order valence-corrected chi connectivity index (χ3v) is 3.77. The molecule has 1 saturated heterocycles. The number of nitrogens with zero attached hydrogens (tertiary/aromatic N) is 3. The lowest BCUT2D eigenvalue weighted by Gasteiger charge is -2.27. The zero-order chi connectivity index (χ0) is 16.2. The maximum atomic E-state index is 13.9. The molecule has 1 aliphatic rings. The van der Waals surface area contributed by atoms with Crippen molar-refractivity contribution >= 4 is 0 Å². The number of piperidine rings is 1. The molecule has 1 N–H and O–H groups in total. The zero-order valence-electron chi connectivity index (χ0n) is 13.1. The van der Waals surface area contributed by atoms with Crippen molar-refractivity contribution in [2.45, 2.75) is 32.5 Å². The highest BCUT2D eigenvalue weighted by atomic mass is 19.1. The van der Waals surface area contributed by atoms with E-state index in [1.54, 1.807) is 19.2 Å². The number of aryl methyl sites for hydroxylation is 1. The molecule has 0 saturated carbocycles. The number of pyridine rings is 1. The van der Waals surface area contributed by atoms with Crippen LogP contribution in [0.2, 0.25) is 0 Å². The van der Waals surface area contributed by atoms with Crippen molar-refractivity contribution in [1.29, 1.82) is 0 Å². The normalized spacial score (nSPS) is 21.0. The summed E-state index contributed by atoms with van der Waals surface area (Å²) in [6.45, 7) is 4.68. The average Bonchev–Trinajstić information content (AvgIpc) is 2.55. The summed E-state index contributed by atoms with van der Waals surface area (Å²) in [7, 11) is 0. The molecule has 2 aromatic heterocycles. The Morgan fingerprint density at radius 1 is 1.22 bits per heavy atom. The minimum atomic E-state index is -1.05. The molecule has 2 atom stereocenters. The summed E-state index contributed by atoms with van der Waals surface area (Å²) in [5, 5.41) is 3.00. The number of ether oxygens (including phenoxy) is 2. The Balaban J connectivity index is 1.79. The van der Waals surface area contributed by atoms with E-state index in [2.05, 4.69) is 20.3 Å². The van der Waals surface area contributed by atoms with Crippen molar-refractivity contribution in [3.63, 3.8) is 0 Å². The fraction of sp³-hybridized carbons (Fsp3) is 0.438. The summed E-state index contributed by atoms with van der Waals surface area (Å²) in [6, 6.07) is 3.60. The quantitative estimate of drug-likeness (QED) is 0.933. The second-order valence-corrected chi connectivity index (χ2v) is 5.46. The van der Waals surface area contributed by atoms with Crippen molar-refractivity contribution in [2.75, 3.05) is 13.1 Å². The molecule has 0 amide bonds. The molecule has 3 heterocycles. The number of nitrogens with one attached hydrogen (secondary N) is 1. The number of rotatable bonds is 4. The SMILES string of the molecule is Cc1ncccc1Oc1ncnc(O[C@H]2CCNC[C@@H]2F)c1C. The first-order valence-corrected chi connectivity index (χ1v) is 7.57. The largest absolute Gasteiger partial charge is 0.471 e. The van der Waals surface area contributed by atoms with Crippen LogP contribution in [0, 0.1) is 13.8 Å². The summed E-state index contributed by atoms with van der Waals surface area (Å²) in [4.78, 5) is 12.4. The van der Waals surface area contributed by atoms with E-state index in [1.807, 2.05) is 13.0 Å². The summed E-state index contributed by atoms with van der Waals surface area (Å²) in [5.41, 5.74) is 1.40. The molecule has 7 heteroatoms. The van der Waals surface area contributed by atoms with E-state index in [1.165, 1.54) is 6.33 Å². The Morgan fingerprint density at radius 3 is 2.83 bits per heavy atom. The van der Waals surface area contributed by atoms with Gasteiger partial charge < -0.3 is 14.8 Å². The number of halogens is 1. The molecule has 122 valence electrons. The van der Waals surface area contributed by atoms with Crippen LogP contribution in [-0.2, 0) is 0 Å². The van der Waals surface area contributed by atoms with E-state index in [-0.39, 0.29) is 0 Å². The highest BCUT2D eigenvalue weighted by Crippen LogP contribution is 2.29. The molecular formula is C16H19FN4O2. The van der Waals surface area contributed by atoms with Crippen LogP contribution in [0.4, 0.5) is 4.39 Å². The predicted octanol–water partition coefficient (Wildman–Crippen LogP) is 2.36. The smallest absolute Gasteiger partial charge is 0.229 e. The third-order valence-electron chi connectivity index (χ3n) is 3.77. The van der Waals surface area contributed by atoms with Crippen LogP contribution in [0.3, 0.4) is 0 Å². The van der Waals surface area contributed by atoms with Gasteiger partial charge in [0.1, 0.15) is 18.6 Å². The molecule has 0 aliphatic carbocycles. The van der Waals surface area contributed by atoms with Gasteiger partial charge in [0.25, 0.3) is 0 Å². The molecule has 1 fully saturated rings. The molecule has 2 aromatic rings. The van der Waals surface area contributed by atoms with Crippen molar-refractivity contribution in [2.24, 2.45) is 0 Å². The first-order chi connectivity index (χ1) is 11.1. The van der Waals surface area contributed by atoms with E-state index < -0.39 is 12.3 Å². The molecule has 0 unspecified atom stereocenters. The van der Waals surface area contributed by atoms with E-state index in [9.17, 15) is 4.39 Å². The van der Waals surface area contributed by atoms with Crippen molar-refractivity contribution in [1.82, 2.24) is 20.3 Å². The second kappa shape index (κ2) is 6.87. The number of hydrogen-bond acceptors (Lipinski definition) is 6. The van der Waals surface area contributed by atoms with Gasteiger partial charge in [0.2, 0.25) is 11.8 Å². The lowest BCUT2D eigenvalue weighted by molar-refractivity contribution is 0.0683. The van der Waals surface area contributed by atoms with Crippen LogP contribution < -0.4 is 14.8 Å². The highest BCUT2D eigenvalue weighted by molar-refractivity contribution is 5.37. The van der Waals surface area contributed by atoms with E-state index in [4.69, 9.17) is 9.47 Å². The predicted molar refractivity (Wildman–Crippen MR) is 82.6 cm³/mol. The Labute approximate surface area is 134 Å². The van der Waals surface area contributed by atoms with Gasteiger partial charge in [-0.15, -0.1) is 0 Å². The van der Waals surface area contributed by atoms with Gasteiger partial charge in [-0.1, -0.05) is 0 Å². The van der Waals surface area contributed by atoms with Gasteiger partial charge in [-0.3, -0.25) is 4.98 Å². The Bertz CT molecular complexity index is 683. The van der Waals surface area contributed by atoms with Crippen LogP contribution in [0.5, 0.6) is 17.5 Å². The lowest BCUT2D eigenvalue weighted by Crippen LogP contribution is -2.44. The average molecular weight is 318 g/mol. The Kier molecular flexibility index (Phi) is 4.66. The maximum Gasteiger partial charge on any atom is 0.229 e. The number of hydrogen-bond donors (Lipinski definition) is 1. The van der Waals surface area contributed by atoms with Gasteiger partial charge >= 0.3 is 0 Å². The van der Waals surface area contributed by atoms with Crippen LogP contribution in [-0.4, -0.2) is 40.3 Å². The minimum absolute atomic E-state index is 0.299. The molecule has 0 bridgehead atoms. The van der Waals surface area contributed by atoms with Gasteiger partial charge in [-0.25, -0.2) is 14.4 Å². The third kappa shape index (κ3) is 3.56. The van der Waals surface area contributed by atoms with Crippen LogP contribution in [0.1, 0.15) is 17.7 Å². The van der Waals surface area contributed by atoms with Gasteiger partial charge in [-0.2, -0.15) is 0 Å². The monoisotopic (exact) mass is 318 g/mol. The van der Waals surface area contributed by atoms with Gasteiger partial charge in [0.15, 0.2) is 5.75 Å². The lowest BCUT2D eigenvalue weighted by atomic mass is 10.1. The molecule has 6 nitrogen and oxygen atoms in total. The molecule has 0 spiro atoms. The fourth-order valence-corrected chi connectivity index (χ4v) is 2.39. The second-order valence-electron chi connectivity index (χ2n) is 5.46.